The van der Waals surface area contributed by atoms with Crippen LogP contribution < -0.4 is 0 Å². The van der Waals surface area contributed by atoms with Gasteiger partial charge in [-0.15, -0.1) is 0 Å². The number of Topliss-reactive ketones (excluding diaryl/α,β-unsaturated/α-hetero) is 1. The molecule has 1 atom stereocenters. The molecule has 1 unspecified atom stereocenters. The summed E-state index contributed by atoms with van der Waals surface area (Å²) in [6.07, 6.45) is 13.3. The van der Waals surface area contributed by atoms with E-state index < -0.39 is 0 Å². The highest BCUT2D eigenvalue weighted by molar-refractivity contribution is 5.90. The molecular formula is C23H42N2O2. The Labute approximate surface area is 167 Å². The lowest BCUT2D eigenvalue weighted by Gasteiger charge is -2.45. The molecule has 0 aromatic rings. The number of ether oxygens (including phenoxy) is 1. The minimum Gasteiger partial charge on any atom is -0.379 e. The summed E-state index contributed by atoms with van der Waals surface area (Å²) >= 11 is 0. The maximum atomic E-state index is 13.8. The summed E-state index contributed by atoms with van der Waals surface area (Å²) in [5, 5.41) is 0. The highest BCUT2D eigenvalue weighted by Crippen LogP contribution is 2.39. The van der Waals surface area contributed by atoms with Gasteiger partial charge in [0, 0.05) is 25.0 Å². The van der Waals surface area contributed by atoms with Gasteiger partial charge in [-0.05, 0) is 58.5 Å². The highest BCUT2D eigenvalue weighted by Gasteiger charge is 2.44. The van der Waals surface area contributed by atoms with Gasteiger partial charge in [0.1, 0.15) is 0 Å². The maximum absolute atomic E-state index is 13.8. The summed E-state index contributed by atoms with van der Waals surface area (Å²) in [6, 6.07) is 0.673. The van der Waals surface area contributed by atoms with Gasteiger partial charge in [0.2, 0.25) is 0 Å². The number of ketones is 1. The zero-order valence-electron chi connectivity index (χ0n) is 18.0. The zero-order chi connectivity index (χ0) is 19.3. The smallest absolute Gasteiger partial charge is 0.156 e. The van der Waals surface area contributed by atoms with E-state index in [4.69, 9.17) is 4.74 Å². The Kier molecular flexibility index (Phi) is 7.75. The molecule has 156 valence electrons. The quantitative estimate of drug-likeness (QED) is 0.667. The predicted molar refractivity (Wildman–Crippen MR) is 111 cm³/mol. The normalized spacial score (nSPS) is 31.0. The Bertz CT molecular complexity index is 461. The van der Waals surface area contributed by atoms with Crippen molar-refractivity contribution in [2.75, 3.05) is 40.4 Å². The Hall–Kier alpha value is -0.450. The molecule has 2 aliphatic carbocycles. The van der Waals surface area contributed by atoms with Crippen LogP contribution in [0.15, 0.2) is 0 Å². The van der Waals surface area contributed by atoms with Gasteiger partial charge < -0.3 is 4.74 Å². The summed E-state index contributed by atoms with van der Waals surface area (Å²) in [6.45, 7) is 6.13. The number of hydrogen-bond donors (Lipinski definition) is 0. The summed E-state index contributed by atoms with van der Waals surface area (Å²) in [7, 11) is 4.28. The van der Waals surface area contributed by atoms with Crippen molar-refractivity contribution in [2.45, 2.75) is 89.1 Å². The second-order valence-electron chi connectivity index (χ2n) is 9.51. The van der Waals surface area contributed by atoms with Crippen LogP contribution in [-0.4, -0.2) is 67.6 Å². The molecule has 1 heterocycles. The monoisotopic (exact) mass is 378 g/mol. The number of likely N-dealkylation sites (N-methyl/N-ethyl adjacent to an activating group) is 1. The summed E-state index contributed by atoms with van der Waals surface area (Å²) in [4.78, 5) is 18.7. The molecule has 2 saturated carbocycles. The molecule has 1 aliphatic heterocycles. The molecule has 0 spiro atoms. The summed E-state index contributed by atoms with van der Waals surface area (Å²) in [5.41, 5.74) is -0.238. The van der Waals surface area contributed by atoms with Crippen molar-refractivity contribution < 1.29 is 9.53 Å². The van der Waals surface area contributed by atoms with Crippen molar-refractivity contribution >= 4 is 5.78 Å². The Morgan fingerprint density at radius 1 is 1.00 bits per heavy atom. The van der Waals surface area contributed by atoms with Crippen LogP contribution in [0.1, 0.15) is 77.6 Å². The van der Waals surface area contributed by atoms with E-state index >= 15 is 0 Å². The van der Waals surface area contributed by atoms with E-state index in [9.17, 15) is 4.79 Å². The maximum Gasteiger partial charge on any atom is 0.156 e. The molecule has 0 aromatic carbocycles. The third kappa shape index (κ3) is 4.94. The molecule has 1 saturated heterocycles. The van der Waals surface area contributed by atoms with Crippen molar-refractivity contribution in [1.29, 1.82) is 0 Å². The van der Waals surface area contributed by atoms with Crippen molar-refractivity contribution in [1.82, 2.24) is 9.80 Å². The third-order valence-corrected chi connectivity index (χ3v) is 7.88. The van der Waals surface area contributed by atoms with Gasteiger partial charge in [0.25, 0.3) is 0 Å². The minimum atomic E-state index is -0.238. The van der Waals surface area contributed by atoms with Crippen LogP contribution in [0.3, 0.4) is 0 Å². The van der Waals surface area contributed by atoms with Crippen LogP contribution in [0, 0.1) is 11.8 Å². The molecular weight excluding hydrogens is 336 g/mol. The first kappa shape index (κ1) is 21.3. The fraction of sp³-hybridized carbons (Fsp3) is 0.957. The predicted octanol–water partition coefficient (Wildman–Crippen LogP) is 4.13. The average Bonchev–Trinajstić information content (AvgIpc) is 2.73. The van der Waals surface area contributed by atoms with Crippen LogP contribution >= 0.6 is 0 Å². The molecule has 3 aliphatic rings. The third-order valence-electron chi connectivity index (χ3n) is 7.88. The van der Waals surface area contributed by atoms with Crippen LogP contribution in [0.25, 0.3) is 0 Å². The molecule has 0 aromatic heterocycles. The molecule has 4 heteroatoms. The van der Waals surface area contributed by atoms with E-state index in [2.05, 4.69) is 30.8 Å². The van der Waals surface area contributed by atoms with Gasteiger partial charge >= 0.3 is 0 Å². The van der Waals surface area contributed by atoms with E-state index in [0.29, 0.717) is 11.8 Å². The fourth-order valence-corrected chi connectivity index (χ4v) is 6.03. The van der Waals surface area contributed by atoms with Crippen molar-refractivity contribution in [3.63, 3.8) is 0 Å². The van der Waals surface area contributed by atoms with E-state index in [1.54, 1.807) is 0 Å². The number of carbonyl (C=O) groups excluding carboxylic acids is 1. The molecule has 27 heavy (non-hydrogen) atoms. The van der Waals surface area contributed by atoms with Gasteiger partial charge in [-0.3, -0.25) is 14.6 Å². The number of morpholine rings is 1. The first-order valence-electron chi connectivity index (χ1n) is 11.6. The number of hydrogen-bond acceptors (Lipinski definition) is 4. The van der Waals surface area contributed by atoms with Crippen molar-refractivity contribution in [3.8, 4) is 0 Å². The van der Waals surface area contributed by atoms with E-state index in [0.717, 1.165) is 57.9 Å². The molecule has 0 bridgehead atoms. The number of carbonyl (C=O) groups is 1. The topological polar surface area (TPSA) is 32.8 Å². The van der Waals surface area contributed by atoms with Gasteiger partial charge in [-0.1, -0.05) is 39.0 Å². The number of rotatable bonds is 7. The lowest BCUT2D eigenvalue weighted by molar-refractivity contribution is -0.137. The summed E-state index contributed by atoms with van der Waals surface area (Å²) in [5.74, 6) is 1.57. The first-order valence-corrected chi connectivity index (χ1v) is 11.6. The Balaban J connectivity index is 1.61. The van der Waals surface area contributed by atoms with Crippen LogP contribution in [-0.2, 0) is 9.53 Å². The average molecular weight is 379 g/mol. The Morgan fingerprint density at radius 3 is 2.19 bits per heavy atom. The van der Waals surface area contributed by atoms with Gasteiger partial charge in [0.15, 0.2) is 5.78 Å². The number of nitrogens with zero attached hydrogens (tertiary/aromatic N) is 2. The standard InChI is InChI=1S/C23H42N2O2/c1-4-23(24(2)3,18-19-8-6-5-7-9-19)22(26)20-10-12-21(13-11-20)25-14-16-27-17-15-25/h19-21H,4-18H2,1-3H3. The molecule has 0 radical (unpaired) electrons. The SMILES string of the molecule is CCC(CC1CCCCC1)(C(=O)C1CCC(N2CCOCC2)CC1)N(C)C. The van der Waals surface area contributed by atoms with Crippen LogP contribution in [0.4, 0.5) is 0 Å². The van der Waals surface area contributed by atoms with Gasteiger partial charge in [-0.2, -0.15) is 0 Å². The highest BCUT2D eigenvalue weighted by atomic mass is 16.5. The molecule has 4 nitrogen and oxygen atoms in total. The van der Waals surface area contributed by atoms with Gasteiger partial charge in [-0.25, -0.2) is 0 Å². The zero-order valence-corrected chi connectivity index (χ0v) is 18.0. The van der Waals surface area contributed by atoms with Crippen LogP contribution in [0.2, 0.25) is 0 Å². The second kappa shape index (κ2) is 9.84. The summed E-state index contributed by atoms with van der Waals surface area (Å²) < 4.78 is 5.51. The second-order valence-corrected chi connectivity index (χ2v) is 9.51. The van der Waals surface area contributed by atoms with Crippen molar-refractivity contribution in [2.24, 2.45) is 11.8 Å². The first-order chi connectivity index (χ1) is 13.1. The van der Waals surface area contributed by atoms with Crippen LogP contribution in [0.5, 0.6) is 0 Å². The molecule has 0 N–H and O–H groups in total. The molecule has 3 rings (SSSR count). The lowest BCUT2D eigenvalue weighted by atomic mass is 9.69. The minimum absolute atomic E-state index is 0.238. The Morgan fingerprint density at radius 2 is 1.63 bits per heavy atom. The largest absolute Gasteiger partial charge is 0.379 e. The van der Waals surface area contributed by atoms with E-state index in [1.165, 1.54) is 44.9 Å². The molecule has 3 fully saturated rings. The molecule has 0 amide bonds. The van der Waals surface area contributed by atoms with Crippen molar-refractivity contribution in [3.05, 3.63) is 0 Å². The van der Waals surface area contributed by atoms with E-state index in [-0.39, 0.29) is 11.5 Å². The van der Waals surface area contributed by atoms with E-state index in [1.807, 2.05) is 0 Å². The lowest BCUT2D eigenvalue weighted by Crippen LogP contribution is -2.55. The van der Waals surface area contributed by atoms with Gasteiger partial charge in [0.05, 0.1) is 18.8 Å². The fourth-order valence-electron chi connectivity index (χ4n) is 6.03.